The largest absolute Gasteiger partial charge is 0.507 e. The van der Waals surface area contributed by atoms with Crippen molar-refractivity contribution in [2.45, 2.75) is 57.9 Å². The van der Waals surface area contributed by atoms with Gasteiger partial charge < -0.3 is 14.8 Å². The van der Waals surface area contributed by atoms with Crippen molar-refractivity contribution in [1.82, 2.24) is 4.98 Å². The molecule has 0 unspecified atom stereocenters. The summed E-state index contributed by atoms with van der Waals surface area (Å²) in [6.45, 7) is 3.77. The van der Waals surface area contributed by atoms with Gasteiger partial charge in [-0.3, -0.25) is 14.6 Å². The minimum Gasteiger partial charge on any atom is -0.507 e. The average Bonchev–Trinajstić information content (AvgIpc) is 3.32. The molecule has 0 saturated carbocycles. The van der Waals surface area contributed by atoms with Gasteiger partial charge in [0, 0.05) is 16.2 Å². The molecule has 268 valence electrons. The number of aromatic nitrogens is 1. The smallest absolute Gasteiger partial charge is 0.455 e. The fraction of sp³-hybridized carbons (Fsp3) is 0.361. The molecule has 2 amide bonds. The van der Waals surface area contributed by atoms with E-state index in [4.69, 9.17) is 4.65 Å². The van der Waals surface area contributed by atoms with Crippen LogP contribution in [0.25, 0.3) is 11.6 Å². The molecule has 1 aliphatic carbocycles. The van der Waals surface area contributed by atoms with Gasteiger partial charge in [-0.15, -0.1) is 0 Å². The Bertz CT molecular complexity index is 1880. The number of anilines is 1. The van der Waals surface area contributed by atoms with E-state index in [9.17, 15) is 46.1 Å². The molecule has 3 aliphatic rings. The van der Waals surface area contributed by atoms with Gasteiger partial charge in [0.15, 0.2) is 0 Å². The fourth-order valence-electron chi connectivity index (χ4n) is 7.51. The zero-order valence-electron chi connectivity index (χ0n) is 27.3. The molecule has 7 nitrogen and oxygen atoms in total. The quantitative estimate of drug-likeness (QED) is 0.108. The lowest BCUT2D eigenvalue weighted by molar-refractivity contribution is -0.143. The Kier molecular flexibility index (Phi) is 10.0. The van der Waals surface area contributed by atoms with Crippen molar-refractivity contribution in [3.63, 3.8) is 0 Å². The van der Waals surface area contributed by atoms with E-state index in [0.717, 1.165) is 15.6 Å². The number of imide groups is 1. The number of amides is 2. The Morgan fingerprint density at radius 2 is 1.71 bits per heavy atom. The van der Waals surface area contributed by atoms with Crippen LogP contribution in [-0.4, -0.2) is 40.2 Å². The number of phenolic OH excluding ortho intramolecular Hbond substituents is 1. The van der Waals surface area contributed by atoms with E-state index in [2.05, 4.69) is 20.9 Å². The second-order valence-electron chi connectivity index (χ2n) is 13.3. The Labute approximate surface area is 298 Å². The number of fused-ring (bicyclic) bond motifs is 3. The molecule has 2 aromatic carbocycles. The molecule has 0 bridgehead atoms. The Morgan fingerprint density at radius 1 is 1.02 bits per heavy atom. The van der Waals surface area contributed by atoms with Crippen molar-refractivity contribution >= 4 is 52.2 Å². The molecule has 0 radical (unpaired) electrons. The first-order chi connectivity index (χ1) is 23.9. The predicted molar refractivity (Wildman–Crippen MR) is 181 cm³/mol. The van der Waals surface area contributed by atoms with Crippen LogP contribution in [0.15, 0.2) is 76.4 Å². The maximum absolute atomic E-state index is 14.1. The number of pyridine rings is 1. The number of hydrogen-bond acceptors (Lipinski definition) is 6. The van der Waals surface area contributed by atoms with Gasteiger partial charge in [0.25, 0.3) is 0 Å². The van der Waals surface area contributed by atoms with Crippen LogP contribution in [0.5, 0.6) is 5.75 Å². The molecule has 3 aromatic rings. The first kappa shape index (κ1) is 36.8. The van der Waals surface area contributed by atoms with Gasteiger partial charge in [-0.25, -0.2) is 4.90 Å². The van der Waals surface area contributed by atoms with Gasteiger partial charge in [0.05, 0.1) is 40.4 Å². The summed E-state index contributed by atoms with van der Waals surface area (Å²) in [6.07, 6.45) is -7.13. The van der Waals surface area contributed by atoms with Gasteiger partial charge in [-0.05, 0) is 103 Å². The van der Waals surface area contributed by atoms with E-state index in [0.29, 0.717) is 40.3 Å². The number of alkyl halides is 6. The van der Waals surface area contributed by atoms with Crippen LogP contribution in [-0.2, 0) is 26.6 Å². The lowest BCUT2D eigenvalue weighted by Crippen LogP contribution is -2.46. The Hall–Kier alpha value is -3.95. The molecular weight excluding hydrogens is 745 g/mol. The highest BCUT2D eigenvalue weighted by molar-refractivity contribution is 9.10. The molecule has 4 atom stereocenters. The molecule has 0 spiro atoms. The van der Waals surface area contributed by atoms with E-state index in [1.165, 1.54) is 0 Å². The highest BCUT2D eigenvalue weighted by atomic mass is 79.9. The van der Waals surface area contributed by atoms with Crippen LogP contribution in [0.3, 0.4) is 0 Å². The van der Waals surface area contributed by atoms with Gasteiger partial charge in [0.1, 0.15) is 5.75 Å². The molecule has 51 heavy (non-hydrogen) atoms. The van der Waals surface area contributed by atoms with Crippen molar-refractivity contribution in [3.05, 3.63) is 98.8 Å². The number of benzene rings is 2. The number of aromatic hydroxyl groups is 1. The number of halogens is 7. The van der Waals surface area contributed by atoms with Crippen molar-refractivity contribution in [1.29, 1.82) is 0 Å². The summed E-state index contributed by atoms with van der Waals surface area (Å²) in [5, 5.41) is 21.5. The first-order valence-electron chi connectivity index (χ1n) is 16.3. The SMILES string of the molecule is CC(C)C1=C2[C@@H](CC/C(=C/c3cc(Br)ccc3O)c3ccccn3)OB(O)C[C@@H]2[C@@H]2C(=O)N(c3cc(C(F)(F)F)cc(C(F)(F)F)c3)C(=O)[C@@H]2C1. The summed E-state index contributed by atoms with van der Waals surface area (Å²) in [5.74, 6) is -4.89. The number of carbonyl (C=O) groups is 2. The summed E-state index contributed by atoms with van der Waals surface area (Å²) in [5.41, 5.74) is -0.726. The van der Waals surface area contributed by atoms with Crippen LogP contribution < -0.4 is 4.90 Å². The normalized spacial score (nSPS) is 22.9. The lowest BCUT2D eigenvalue weighted by atomic mass is 9.57. The number of rotatable bonds is 7. The predicted octanol–water partition coefficient (Wildman–Crippen LogP) is 8.57. The van der Waals surface area contributed by atoms with Gasteiger partial charge in [0.2, 0.25) is 11.8 Å². The zero-order chi connectivity index (χ0) is 37.0. The third-order valence-corrected chi connectivity index (χ3v) is 10.3. The second-order valence-corrected chi connectivity index (χ2v) is 14.2. The van der Waals surface area contributed by atoms with Crippen LogP contribution in [0.1, 0.15) is 55.5 Å². The molecule has 15 heteroatoms. The summed E-state index contributed by atoms with van der Waals surface area (Å²) in [4.78, 5) is 32.9. The van der Waals surface area contributed by atoms with Crippen LogP contribution in [0, 0.1) is 23.7 Å². The maximum atomic E-state index is 14.1. The molecular formula is C36H32BBrF6N2O5. The van der Waals surface area contributed by atoms with E-state index >= 15 is 0 Å². The Balaban J connectivity index is 1.37. The second kappa shape index (κ2) is 13.9. The minimum atomic E-state index is -5.18. The van der Waals surface area contributed by atoms with Crippen molar-refractivity contribution in [2.24, 2.45) is 23.7 Å². The highest BCUT2D eigenvalue weighted by Crippen LogP contribution is 2.53. The third-order valence-electron chi connectivity index (χ3n) is 9.76. The fourth-order valence-corrected chi connectivity index (χ4v) is 7.89. The van der Waals surface area contributed by atoms with Crippen LogP contribution in [0.2, 0.25) is 6.32 Å². The first-order valence-corrected chi connectivity index (χ1v) is 17.1. The number of phenols is 1. The van der Waals surface area contributed by atoms with Gasteiger partial charge in [-0.2, -0.15) is 26.3 Å². The van der Waals surface area contributed by atoms with E-state index < -0.39 is 72.0 Å². The van der Waals surface area contributed by atoms with Gasteiger partial charge in [-0.1, -0.05) is 41.4 Å². The third kappa shape index (κ3) is 7.38. The van der Waals surface area contributed by atoms with Crippen LogP contribution in [0.4, 0.5) is 32.0 Å². The maximum Gasteiger partial charge on any atom is 0.455 e. The van der Waals surface area contributed by atoms with E-state index in [1.54, 1.807) is 42.6 Å². The van der Waals surface area contributed by atoms with Crippen molar-refractivity contribution in [2.75, 3.05) is 4.90 Å². The van der Waals surface area contributed by atoms with Crippen molar-refractivity contribution < 1.29 is 50.7 Å². The summed E-state index contributed by atoms with van der Waals surface area (Å²) >= 11 is 3.42. The number of carbonyl (C=O) groups excluding carboxylic acids is 2. The van der Waals surface area contributed by atoms with E-state index in [-0.39, 0.29) is 36.9 Å². The van der Waals surface area contributed by atoms with E-state index in [1.807, 2.05) is 19.9 Å². The Morgan fingerprint density at radius 3 is 2.31 bits per heavy atom. The van der Waals surface area contributed by atoms with Crippen LogP contribution >= 0.6 is 15.9 Å². The standard InChI is InChI=1S/C36H32BBrF6N2O5/c1-18(2)25-16-26-32(34(49)46(33(26)48)24-14-21(35(39,40)41)13-22(15-24)36(42,43)44)27-17-37(50)51-30(31(25)27)9-6-19(28-5-3-4-10-45-28)11-20-12-23(38)7-8-29(20)47/h3-5,7-8,10-15,18,26-27,30,32,47,50H,6,9,16-17H2,1-2H3/b19-11-/t26-,27+,30-,32-/m1/s1. The average molecular weight is 777 g/mol. The molecule has 2 fully saturated rings. The molecule has 1 aromatic heterocycles. The highest BCUT2D eigenvalue weighted by Gasteiger charge is 2.58. The minimum absolute atomic E-state index is 0.0382. The number of allylic oxidation sites excluding steroid dienone is 2. The summed E-state index contributed by atoms with van der Waals surface area (Å²) < 4.78 is 89.2. The van der Waals surface area contributed by atoms with Gasteiger partial charge >= 0.3 is 19.5 Å². The number of hydrogen-bond donors (Lipinski definition) is 2. The monoisotopic (exact) mass is 776 g/mol. The summed E-state index contributed by atoms with van der Waals surface area (Å²) in [7, 11) is -1.37. The lowest BCUT2D eigenvalue weighted by Gasteiger charge is -2.44. The van der Waals surface area contributed by atoms with Crippen molar-refractivity contribution in [3.8, 4) is 5.75 Å². The topological polar surface area (TPSA) is 100.0 Å². The zero-order valence-corrected chi connectivity index (χ0v) is 28.9. The number of nitrogens with zero attached hydrogens (tertiary/aromatic N) is 2. The molecule has 2 aliphatic heterocycles. The molecule has 3 heterocycles. The molecule has 2 N–H and O–H groups in total. The molecule has 2 saturated heterocycles. The summed E-state index contributed by atoms with van der Waals surface area (Å²) in [6, 6.07) is 11.1. The molecule has 6 rings (SSSR count).